The summed E-state index contributed by atoms with van der Waals surface area (Å²) in [6, 6.07) is 7.11. The summed E-state index contributed by atoms with van der Waals surface area (Å²) in [4.78, 5) is 56.9. The highest BCUT2D eigenvalue weighted by atomic mass is 79.9. The van der Waals surface area contributed by atoms with E-state index in [9.17, 15) is 24.6 Å². The van der Waals surface area contributed by atoms with Crippen LogP contribution in [0.3, 0.4) is 0 Å². The summed E-state index contributed by atoms with van der Waals surface area (Å²) in [6.07, 6.45) is 22.8. The first-order valence-electron chi connectivity index (χ1n) is 41.4. The highest BCUT2D eigenvalue weighted by Crippen LogP contribution is 2.78. The summed E-state index contributed by atoms with van der Waals surface area (Å²) < 4.78 is 30.8. The lowest BCUT2D eigenvalue weighted by Crippen LogP contribution is -2.72. The minimum atomic E-state index is -0.627. The number of aliphatic carboxylic acids is 2. The number of aromatic nitrogens is 5. The average molecular weight is 1650 g/mol. The quantitative estimate of drug-likeness (QED) is 0.0162. The zero-order chi connectivity index (χ0) is 81.0. The number of rotatable bonds is 19. The summed E-state index contributed by atoms with van der Waals surface area (Å²) in [5, 5.41) is 27.0. The molecular formula is C88H137Br2N11O9. The van der Waals surface area contributed by atoms with Crippen LogP contribution in [0.15, 0.2) is 80.5 Å². The molecule has 8 fully saturated rings. The number of nitrogens with one attached hydrogen (secondary N) is 1. The van der Waals surface area contributed by atoms with Crippen LogP contribution in [-0.4, -0.2) is 147 Å². The number of carbonyl (C=O) groups excluding carboxylic acids is 1. The smallest absolute Gasteiger partial charge is 0.307 e. The molecule has 22 heteroatoms. The molecule has 5 heterocycles. The van der Waals surface area contributed by atoms with Crippen molar-refractivity contribution in [3.05, 3.63) is 81.1 Å². The van der Waals surface area contributed by atoms with E-state index in [-0.39, 0.29) is 102 Å². The zero-order valence-corrected chi connectivity index (χ0v) is 73.8. The lowest BCUT2D eigenvalue weighted by molar-refractivity contribution is -0.252. The Balaban J connectivity index is 0.000000188. The maximum atomic E-state index is 13.6. The molecule has 3 aromatic rings. The summed E-state index contributed by atoms with van der Waals surface area (Å²) in [7, 11) is 3.61. The van der Waals surface area contributed by atoms with Gasteiger partial charge in [0.05, 0.1) is 76.1 Å². The van der Waals surface area contributed by atoms with E-state index in [2.05, 4.69) is 208 Å². The summed E-state index contributed by atoms with van der Waals surface area (Å²) in [5.41, 5.74) is 18.0. The number of allylic oxidation sites excluding steroid dienone is 2. The molecule has 0 unspecified atom stereocenters. The normalized spacial score (nSPS) is 40.0. The van der Waals surface area contributed by atoms with Crippen molar-refractivity contribution in [3.63, 3.8) is 0 Å². The van der Waals surface area contributed by atoms with Gasteiger partial charge in [-0.2, -0.15) is 10.1 Å². The maximum Gasteiger partial charge on any atom is 0.307 e. The first-order chi connectivity index (χ1) is 51.2. The van der Waals surface area contributed by atoms with Crippen molar-refractivity contribution in [1.29, 1.82) is 0 Å². The predicted molar refractivity (Wildman–Crippen MR) is 441 cm³/mol. The Labute approximate surface area is 675 Å². The molecule has 6 saturated carbocycles. The molecule has 2 aliphatic heterocycles. The number of carboxylic acids is 2. The largest absolute Gasteiger partial charge is 0.481 e. The predicted octanol–water partition coefficient (Wildman–Crippen LogP) is 16.7. The molecule has 20 nitrogen and oxygen atoms in total. The van der Waals surface area contributed by atoms with E-state index >= 15 is 0 Å². The lowest BCUT2D eigenvalue weighted by atomic mass is 9.34. The third kappa shape index (κ3) is 14.3. The van der Waals surface area contributed by atoms with Crippen LogP contribution < -0.4 is 22.7 Å². The van der Waals surface area contributed by atoms with Gasteiger partial charge in [-0.3, -0.25) is 25.7 Å². The van der Waals surface area contributed by atoms with Crippen molar-refractivity contribution in [2.45, 2.75) is 251 Å². The highest BCUT2D eigenvalue weighted by molar-refractivity contribution is 9.10. The topological polar surface area (TPSA) is 291 Å². The van der Waals surface area contributed by atoms with E-state index in [0.717, 1.165) is 93.0 Å². The van der Waals surface area contributed by atoms with Crippen molar-refractivity contribution in [1.82, 2.24) is 35.1 Å². The second-order valence-electron chi connectivity index (χ2n) is 40.5. The molecular weight excluding hydrogens is 1510 g/mol. The summed E-state index contributed by atoms with van der Waals surface area (Å²) in [6.45, 7) is 48.8. The monoisotopic (exact) mass is 1650 g/mol. The highest BCUT2D eigenvalue weighted by Gasteiger charge is 2.75. The number of fused-ring (bicyclic) bond motifs is 6. The van der Waals surface area contributed by atoms with E-state index in [4.69, 9.17) is 46.3 Å². The van der Waals surface area contributed by atoms with Crippen molar-refractivity contribution in [2.75, 3.05) is 53.7 Å². The van der Waals surface area contributed by atoms with Gasteiger partial charge in [-0.1, -0.05) is 148 Å². The van der Waals surface area contributed by atoms with Gasteiger partial charge in [0.1, 0.15) is 15.5 Å². The minimum Gasteiger partial charge on any atom is -0.481 e. The van der Waals surface area contributed by atoms with Crippen LogP contribution in [0.25, 0.3) is 11.4 Å². The first kappa shape index (κ1) is 86.5. The van der Waals surface area contributed by atoms with Gasteiger partial charge in [0.25, 0.3) is 5.91 Å². The molecule has 110 heavy (non-hydrogen) atoms. The van der Waals surface area contributed by atoms with Crippen LogP contribution in [0.5, 0.6) is 0 Å². The average Bonchev–Trinajstić information content (AvgIpc) is 0.699. The van der Waals surface area contributed by atoms with Crippen LogP contribution in [0, 0.1) is 125 Å². The van der Waals surface area contributed by atoms with Crippen molar-refractivity contribution >= 4 is 56.0 Å². The summed E-state index contributed by atoms with van der Waals surface area (Å²) in [5.74, 6) is 8.23. The number of halogens is 2. The number of pyridine rings is 2. The molecule has 24 atom stereocenters. The van der Waals surface area contributed by atoms with Gasteiger partial charge in [0, 0.05) is 76.4 Å². The van der Waals surface area contributed by atoms with Gasteiger partial charge in [0.2, 0.25) is 0 Å². The first-order valence-corrected chi connectivity index (χ1v) is 43.0. The Morgan fingerprint density at radius 1 is 0.655 bits per heavy atom. The molecule has 612 valence electrons. The van der Waals surface area contributed by atoms with Crippen molar-refractivity contribution in [3.8, 4) is 11.4 Å². The molecule has 1 amide bonds. The molecule has 4 bridgehead atoms. The summed E-state index contributed by atoms with van der Waals surface area (Å²) >= 11 is 6.76. The third-order valence-corrected chi connectivity index (χ3v) is 34.3. The molecule has 2 saturated heterocycles. The molecule has 13 rings (SSSR count). The minimum absolute atomic E-state index is 0.0119. The number of hydrogen-bond donors (Lipinski definition) is 6. The molecule has 0 spiro atoms. The van der Waals surface area contributed by atoms with Gasteiger partial charge in [0.15, 0.2) is 5.82 Å². The zero-order valence-electron chi connectivity index (χ0n) is 70.6. The van der Waals surface area contributed by atoms with Gasteiger partial charge >= 0.3 is 11.9 Å². The van der Waals surface area contributed by atoms with Crippen LogP contribution in [-0.2, 0) is 28.5 Å². The van der Waals surface area contributed by atoms with Gasteiger partial charge in [-0.25, -0.2) is 19.6 Å². The molecule has 0 aromatic carbocycles. The fourth-order valence-corrected chi connectivity index (χ4v) is 25.8. The standard InChI is InChI=1S/C43H64BrN5O4.C36H63N3O4.C9H10BrN3O/c1-25(2)27(5)38(6)16-17-40(8)29-11-12-32-39(7)21-52-23-43(32,30(29)13-15-41(40,9)34(38)37(50)51)20-31(35(39)53-22-42(10,45)26(3)4)49-36(47-24-48-49)28-14-18-46-33(44)19-28;1-21(2)23(5)31(6)15-16-33(8)24-11-12-27-32(7)18-42-20-36(27,25(24)13-14-34(33,9)28(31)30(40)41)17-26(39-38)29(32)43-19-35(10,37)22(3)4;1-13(2)6-12-9(14)7-3-4-11-8(10)5-7/h13-14,18-19,24-27,29,31-32,34-35H,11-12,15-17,20-23,45H2,1-10H3,(H,50,51);13,21-24,26-29,39H,11-12,14-20,37-38H2,1-10H3,(H,40,41);3-6H,1-2H3/t27-,29+,31-,32+,34-,35+,38-,39-,40-,41+,42+,43+;23-,24+,26-,27+,28-,29+,31-,32-,33-,34+,35+,36+;/m11./s1. The van der Waals surface area contributed by atoms with Crippen LogP contribution in [0.1, 0.15) is 232 Å². The number of hydrogen-bond acceptors (Lipinski definition) is 15. The number of carbonyl (C=O) groups is 3. The van der Waals surface area contributed by atoms with Crippen molar-refractivity contribution < 1.29 is 43.5 Å². The molecule has 10 aliphatic rings. The fourth-order valence-electron chi connectivity index (χ4n) is 25.1. The van der Waals surface area contributed by atoms with Crippen LogP contribution in [0.4, 0.5) is 0 Å². The maximum absolute atomic E-state index is 13.6. The van der Waals surface area contributed by atoms with Gasteiger partial charge < -0.3 is 45.5 Å². The number of ether oxygens (including phenoxy) is 4. The number of amides is 1. The van der Waals surface area contributed by atoms with Gasteiger partial charge in [-0.05, 0) is 239 Å². The number of nitrogens with zero attached hydrogens (tertiary/aromatic N) is 7. The lowest BCUT2D eigenvalue weighted by Gasteiger charge is -2.71. The van der Waals surface area contributed by atoms with E-state index in [1.54, 1.807) is 49.8 Å². The Morgan fingerprint density at radius 2 is 1.11 bits per heavy atom. The van der Waals surface area contributed by atoms with Crippen molar-refractivity contribution in [2.24, 2.45) is 147 Å². The van der Waals surface area contributed by atoms with E-state index in [0.29, 0.717) is 97.2 Å². The van der Waals surface area contributed by atoms with Crippen LogP contribution in [0.2, 0.25) is 0 Å². The molecule has 8 aliphatic carbocycles. The molecule has 9 N–H and O–H groups in total. The van der Waals surface area contributed by atoms with E-state index in [1.807, 2.05) is 12.1 Å². The number of aliphatic imine (C=N–C) groups is 1. The third-order valence-electron chi connectivity index (χ3n) is 33.5. The Bertz CT molecular complexity index is 3950. The molecule has 0 radical (unpaired) electrons. The van der Waals surface area contributed by atoms with Gasteiger partial charge in [-0.15, -0.1) is 0 Å². The number of carboxylic acid groups (broad SMARTS) is 2. The second kappa shape index (κ2) is 31.3. The Morgan fingerprint density at radius 3 is 1.55 bits per heavy atom. The number of hydrazine groups is 1. The van der Waals surface area contributed by atoms with E-state index < -0.39 is 28.9 Å². The van der Waals surface area contributed by atoms with Crippen LogP contribution >= 0.6 is 31.9 Å². The number of nitrogens with two attached hydrogens (primary N) is 3. The SMILES string of the molecule is CC(C)[C@@H](C)[C@@]1(C)CC[C@]2(C)[C@H]3CC[C@@H]4[C@@]5(COC[C@@]4(C)[C@@H](OC[C@](C)(N)C(C)C)[C@H](NN)C5)C3=CC[C@@]2(C)[C@@H]1C(=O)O.CC(C)[C@@H](C)[C@@]1(C)CC[C@]2(C)[C@H]3CC[C@@H]4[C@@]5(COC[C@@]4(C)[C@@H](OC[C@](C)(N)C(C)C)[C@H](n4ncnc4-c4ccnc(Br)c4)C5)C3=CC[C@@]2(C)[C@@H]1C(=O)O.CN(C)C=NC(=O)c1ccnc(Br)c1. The van der Waals surface area contributed by atoms with E-state index in [1.165, 1.54) is 17.5 Å². The Kier molecular flexibility index (Phi) is 24.6. The fraction of sp³-hybridized carbons (Fsp3) is 0.773. The second-order valence-corrected chi connectivity index (χ2v) is 42.1. The Hall–Kier alpha value is -4.36. The molecule has 3 aromatic heterocycles.